The summed E-state index contributed by atoms with van der Waals surface area (Å²) in [6, 6.07) is 1.79. The molecule has 3 aromatic heterocycles. The lowest BCUT2D eigenvalue weighted by atomic mass is 9.83. The Hall–Kier alpha value is -3.07. The van der Waals surface area contributed by atoms with E-state index in [2.05, 4.69) is 15.1 Å². The minimum absolute atomic E-state index is 0.0405. The third-order valence-electron chi connectivity index (χ3n) is 5.80. The number of hydrogen-bond donors (Lipinski definition) is 0. The van der Waals surface area contributed by atoms with Gasteiger partial charge in [0.15, 0.2) is 5.65 Å². The summed E-state index contributed by atoms with van der Waals surface area (Å²) in [7, 11) is 3.87. The van der Waals surface area contributed by atoms with Crippen molar-refractivity contribution in [3.63, 3.8) is 0 Å². The van der Waals surface area contributed by atoms with Crippen LogP contribution >= 0.6 is 0 Å². The van der Waals surface area contributed by atoms with Crippen molar-refractivity contribution in [2.24, 2.45) is 0 Å². The fourth-order valence-electron chi connectivity index (χ4n) is 4.22. The highest BCUT2D eigenvalue weighted by Crippen LogP contribution is 2.41. The fourth-order valence-corrected chi connectivity index (χ4v) is 4.22. The molecule has 1 saturated heterocycles. The first-order chi connectivity index (χ1) is 14.1. The summed E-state index contributed by atoms with van der Waals surface area (Å²) in [6.45, 7) is 1.86. The quantitative estimate of drug-likeness (QED) is 0.648. The minimum Gasteiger partial charge on any atom is -0.368 e. The summed E-state index contributed by atoms with van der Waals surface area (Å²) in [5.74, 6) is 0.644. The van der Waals surface area contributed by atoms with Crippen LogP contribution in [0.4, 0.5) is 5.95 Å². The average Bonchev–Trinajstić information content (AvgIpc) is 3.18. The van der Waals surface area contributed by atoms with Crippen LogP contribution in [-0.2, 0) is 16.8 Å². The zero-order chi connectivity index (χ0) is 20.0. The molecular weight excluding hydrogens is 370 g/mol. The third kappa shape index (κ3) is 2.93. The van der Waals surface area contributed by atoms with E-state index in [-0.39, 0.29) is 5.91 Å². The number of fused-ring (bicyclic) bond motifs is 3. The highest BCUT2D eigenvalue weighted by molar-refractivity contribution is 5.99. The first-order valence-corrected chi connectivity index (χ1v) is 9.83. The van der Waals surface area contributed by atoms with E-state index in [9.17, 15) is 4.79 Å². The first kappa shape index (κ1) is 18.0. The van der Waals surface area contributed by atoms with Gasteiger partial charge in [0.25, 0.3) is 5.91 Å². The molecule has 0 saturated carbocycles. The lowest BCUT2D eigenvalue weighted by Crippen LogP contribution is -2.49. The van der Waals surface area contributed by atoms with E-state index in [1.165, 1.54) is 0 Å². The van der Waals surface area contributed by atoms with Crippen LogP contribution in [0, 0.1) is 0 Å². The van der Waals surface area contributed by atoms with Gasteiger partial charge in [-0.1, -0.05) is 0 Å². The Morgan fingerprint density at radius 3 is 2.83 bits per heavy atom. The van der Waals surface area contributed by atoms with E-state index < -0.39 is 5.60 Å². The van der Waals surface area contributed by atoms with Crippen LogP contribution < -0.4 is 4.90 Å². The van der Waals surface area contributed by atoms with Gasteiger partial charge in [-0.3, -0.25) is 4.79 Å². The number of rotatable bonds is 2. The molecule has 0 aromatic carbocycles. The van der Waals surface area contributed by atoms with Crippen LogP contribution in [0.1, 0.15) is 34.5 Å². The molecule has 0 N–H and O–H groups in total. The van der Waals surface area contributed by atoms with Crippen molar-refractivity contribution in [2.75, 3.05) is 38.7 Å². The number of carbonyl (C=O) groups is 1. The maximum absolute atomic E-state index is 13.1. The number of amides is 1. The maximum atomic E-state index is 13.1. The van der Waals surface area contributed by atoms with Crippen molar-refractivity contribution in [1.29, 1.82) is 0 Å². The van der Waals surface area contributed by atoms with Gasteiger partial charge in [0.2, 0.25) is 5.95 Å². The normalized spacial score (nSPS) is 18.1. The molecule has 5 heterocycles. The standard InChI is InChI=1S/C20H23N7O2/c1-25(2)19-22-12-14-4-11-29-20(16(14)24-19)5-9-26(10-6-20)18(28)15-13-23-27-8-3-7-21-17(15)27/h3,7-8,12-13H,4-6,9-11H2,1-2H3. The van der Waals surface area contributed by atoms with Crippen molar-refractivity contribution in [3.8, 4) is 0 Å². The summed E-state index contributed by atoms with van der Waals surface area (Å²) in [4.78, 5) is 30.4. The molecule has 29 heavy (non-hydrogen) atoms. The molecule has 2 aliphatic heterocycles. The van der Waals surface area contributed by atoms with Crippen LogP contribution in [0.2, 0.25) is 0 Å². The van der Waals surface area contributed by atoms with Gasteiger partial charge in [0.05, 0.1) is 18.5 Å². The second-order valence-corrected chi connectivity index (χ2v) is 7.77. The molecule has 1 fully saturated rings. The van der Waals surface area contributed by atoms with E-state index in [1.807, 2.05) is 30.1 Å². The highest BCUT2D eigenvalue weighted by atomic mass is 16.5. The van der Waals surface area contributed by atoms with Gasteiger partial charge in [0.1, 0.15) is 11.2 Å². The molecule has 1 spiro atoms. The molecule has 1 amide bonds. The van der Waals surface area contributed by atoms with Crippen molar-refractivity contribution in [1.82, 2.24) is 29.5 Å². The van der Waals surface area contributed by atoms with Gasteiger partial charge in [0, 0.05) is 45.8 Å². The second kappa shape index (κ2) is 6.77. The monoisotopic (exact) mass is 393 g/mol. The summed E-state index contributed by atoms with van der Waals surface area (Å²) >= 11 is 0. The predicted molar refractivity (Wildman–Crippen MR) is 106 cm³/mol. The molecular formula is C20H23N7O2. The Morgan fingerprint density at radius 1 is 1.21 bits per heavy atom. The molecule has 9 heteroatoms. The topological polar surface area (TPSA) is 88.8 Å². The largest absolute Gasteiger partial charge is 0.368 e. The molecule has 0 bridgehead atoms. The smallest absolute Gasteiger partial charge is 0.259 e. The number of anilines is 1. The molecule has 0 atom stereocenters. The Balaban J connectivity index is 1.39. The van der Waals surface area contributed by atoms with E-state index in [4.69, 9.17) is 9.72 Å². The van der Waals surface area contributed by atoms with Crippen LogP contribution in [0.25, 0.3) is 5.65 Å². The summed E-state index contributed by atoms with van der Waals surface area (Å²) < 4.78 is 7.90. The molecule has 0 radical (unpaired) electrons. The number of hydrogen-bond acceptors (Lipinski definition) is 7. The van der Waals surface area contributed by atoms with E-state index in [0.717, 1.165) is 17.7 Å². The van der Waals surface area contributed by atoms with Gasteiger partial charge >= 0.3 is 0 Å². The number of aromatic nitrogens is 5. The van der Waals surface area contributed by atoms with Gasteiger partial charge in [-0.25, -0.2) is 19.5 Å². The van der Waals surface area contributed by atoms with Crippen molar-refractivity contribution >= 4 is 17.5 Å². The van der Waals surface area contributed by atoms with Crippen LogP contribution in [0.3, 0.4) is 0 Å². The number of carbonyl (C=O) groups excluding carboxylic acids is 1. The Labute approximate surface area is 168 Å². The number of nitrogens with zero attached hydrogens (tertiary/aromatic N) is 7. The van der Waals surface area contributed by atoms with E-state index >= 15 is 0 Å². The van der Waals surface area contributed by atoms with Crippen molar-refractivity contribution in [3.05, 3.63) is 47.7 Å². The molecule has 0 aliphatic carbocycles. The molecule has 0 unspecified atom stereocenters. The summed E-state index contributed by atoms with van der Waals surface area (Å²) in [6.07, 6.45) is 9.22. The fraction of sp³-hybridized carbons (Fsp3) is 0.450. The van der Waals surface area contributed by atoms with Gasteiger partial charge in [-0.05, 0) is 30.9 Å². The van der Waals surface area contributed by atoms with Gasteiger partial charge in [-0.2, -0.15) is 5.10 Å². The molecule has 2 aliphatic rings. The molecule has 150 valence electrons. The third-order valence-corrected chi connectivity index (χ3v) is 5.80. The molecule has 3 aromatic rings. The average molecular weight is 393 g/mol. The van der Waals surface area contributed by atoms with Crippen LogP contribution in [0.5, 0.6) is 0 Å². The van der Waals surface area contributed by atoms with Crippen LogP contribution in [0.15, 0.2) is 30.9 Å². The number of ether oxygens (including phenoxy) is 1. The van der Waals surface area contributed by atoms with Gasteiger partial charge < -0.3 is 14.5 Å². The van der Waals surface area contributed by atoms with Crippen molar-refractivity contribution in [2.45, 2.75) is 24.9 Å². The Bertz CT molecular complexity index is 1070. The lowest BCUT2D eigenvalue weighted by Gasteiger charge is -2.44. The molecule has 9 nitrogen and oxygen atoms in total. The zero-order valence-corrected chi connectivity index (χ0v) is 16.6. The van der Waals surface area contributed by atoms with E-state index in [0.29, 0.717) is 49.7 Å². The SMILES string of the molecule is CN(C)c1ncc2c(n1)C1(CCN(C(=O)c3cnn4cccnc34)CC1)OCC2. The highest BCUT2D eigenvalue weighted by Gasteiger charge is 2.43. The molecule has 5 rings (SSSR count). The minimum atomic E-state index is -0.447. The Kier molecular flexibility index (Phi) is 4.20. The number of piperidine rings is 1. The summed E-state index contributed by atoms with van der Waals surface area (Å²) in [5.41, 5.74) is 2.79. The Morgan fingerprint density at radius 2 is 2.03 bits per heavy atom. The maximum Gasteiger partial charge on any atom is 0.259 e. The van der Waals surface area contributed by atoms with E-state index in [1.54, 1.807) is 29.2 Å². The first-order valence-electron chi connectivity index (χ1n) is 9.83. The van der Waals surface area contributed by atoms with Crippen LogP contribution in [-0.4, -0.2) is 69.2 Å². The summed E-state index contributed by atoms with van der Waals surface area (Å²) in [5, 5.41) is 4.23. The lowest BCUT2D eigenvalue weighted by molar-refractivity contribution is -0.0966. The van der Waals surface area contributed by atoms with Gasteiger partial charge in [-0.15, -0.1) is 0 Å². The zero-order valence-electron chi connectivity index (χ0n) is 16.6. The second-order valence-electron chi connectivity index (χ2n) is 7.77. The predicted octanol–water partition coefficient (Wildman–Crippen LogP) is 1.29. The number of likely N-dealkylation sites (tertiary alicyclic amines) is 1. The van der Waals surface area contributed by atoms with Crippen molar-refractivity contribution < 1.29 is 9.53 Å².